The summed E-state index contributed by atoms with van der Waals surface area (Å²) in [6.07, 6.45) is 0. The van der Waals surface area contributed by atoms with Crippen LogP contribution < -0.4 is 4.72 Å². The fourth-order valence-corrected chi connectivity index (χ4v) is 5.59. The molecule has 1 aromatic carbocycles. The van der Waals surface area contributed by atoms with Crippen molar-refractivity contribution in [3.63, 3.8) is 0 Å². The Kier molecular flexibility index (Phi) is 3.98. The molecule has 0 saturated heterocycles. The number of aryl methyl sites for hydroxylation is 1. The second-order valence-electron chi connectivity index (χ2n) is 4.24. The average Bonchev–Trinajstić information content (AvgIpc) is 2.99. The molecule has 0 saturated carbocycles. The minimum absolute atomic E-state index is 0.147. The van der Waals surface area contributed by atoms with Crippen molar-refractivity contribution in [2.24, 2.45) is 0 Å². The largest absolute Gasteiger partial charge is 0.252 e. The highest BCUT2D eigenvalue weighted by Crippen LogP contribution is 2.27. The average molecular weight is 360 g/mol. The minimum Gasteiger partial charge on any atom is -0.240 e. The van der Waals surface area contributed by atoms with E-state index in [1.165, 1.54) is 11.3 Å². The molecule has 2 heterocycles. The van der Waals surface area contributed by atoms with Crippen molar-refractivity contribution >= 4 is 54.5 Å². The van der Waals surface area contributed by atoms with E-state index < -0.39 is 10.0 Å². The number of nitrogens with zero attached hydrogens (tertiary/aromatic N) is 2. The van der Waals surface area contributed by atoms with Gasteiger partial charge in [0.25, 0.3) is 10.0 Å². The van der Waals surface area contributed by atoms with Crippen LogP contribution in [0.25, 0.3) is 10.2 Å². The molecule has 3 rings (SSSR count). The number of nitrogens with one attached hydrogen (secondary N) is 1. The lowest BCUT2D eigenvalue weighted by Gasteiger charge is -2.02. The lowest BCUT2D eigenvalue weighted by atomic mass is 10.3. The summed E-state index contributed by atoms with van der Waals surface area (Å²) in [5.41, 5.74) is 1.27. The molecule has 0 unspecified atom stereocenters. The summed E-state index contributed by atoms with van der Waals surface area (Å²) >= 11 is 8.16. The number of halogens is 1. The van der Waals surface area contributed by atoms with Gasteiger partial charge < -0.3 is 0 Å². The van der Waals surface area contributed by atoms with E-state index >= 15 is 0 Å². The maximum absolute atomic E-state index is 12.2. The molecule has 0 amide bonds. The van der Waals surface area contributed by atoms with E-state index in [2.05, 4.69) is 14.7 Å². The van der Waals surface area contributed by atoms with Gasteiger partial charge in [-0.05, 0) is 19.1 Å². The van der Waals surface area contributed by atoms with Gasteiger partial charge in [0.1, 0.15) is 5.01 Å². The predicted octanol–water partition coefficient (Wildman–Crippen LogP) is 3.19. The van der Waals surface area contributed by atoms with Crippen LogP contribution in [0.3, 0.4) is 0 Å². The molecule has 0 bridgehead atoms. The minimum atomic E-state index is -3.62. The molecule has 3 aromatic rings. The van der Waals surface area contributed by atoms with Crippen molar-refractivity contribution in [1.82, 2.24) is 14.7 Å². The van der Waals surface area contributed by atoms with Crippen LogP contribution in [-0.4, -0.2) is 18.4 Å². The van der Waals surface area contributed by atoms with Crippen molar-refractivity contribution in [2.75, 3.05) is 0 Å². The van der Waals surface area contributed by atoms with Crippen LogP contribution in [0.5, 0.6) is 0 Å². The van der Waals surface area contributed by atoms with Crippen LogP contribution >= 0.6 is 34.3 Å². The summed E-state index contributed by atoms with van der Waals surface area (Å²) in [4.78, 5) is 8.31. The Morgan fingerprint density at radius 3 is 2.67 bits per heavy atom. The zero-order valence-electron chi connectivity index (χ0n) is 10.8. The second kappa shape index (κ2) is 5.62. The van der Waals surface area contributed by atoms with E-state index in [4.69, 9.17) is 11.6 Å². The SMILES string of the molecule is Cc1nc(Cl)sc1S(=O)(=O)NCc1nc2ccccc2s1. The van der Waals surface area contributed by atoms with Gasteiger partial charge in [0, 0.05) is 0 Å². The molecular formula is C12H10ClN3O2S3. The van der Waals surface area contributed by atoms with Crippen molar-refractivity contribution in [3.05, 3.63) is 39.4 Å². The van der Waals surface area contributed by atoms with Gasteiger partial charge in [0.15, 0.2) is 8.68 Å². The summed E-state index contributed by atoms with van der Waals surface area (Å²) < 4.78 is 28.4. The number of aromatic nitrogens is 2. The van der Waals surface area contributed by atoms with Gasteiger partial charge in [0.2, 0.25) is 0 Å². The van der Waals surface area contributed by atoms with Crippen LogP contribution in [0.4, 0.5) is 0 Å². The van der Waals surface area contributed by atoms with Crippen molar-refractivity contribution in [1.29, 1.82) is 0 Å². The summed E-state index contributed by atoms with van der Waals surface area (Å²) in [7, 11) is -3.62. The number of benzene rings is 1. The lowest BCUT2D eigenvalue weighted by molar-refractivity contribution is 0.582. The molecule has 1 N–H and O–H groups in total. The molecule has 0 aliphatic heterocycles. The fourth-order valence-electron chi connectivity index (χ4n) is 1.82. The maximum atomic E-state index is 12.2. The van der Waals surface area contributed by atoms with Gasteiger partial charge in [-0.1, -0.05) is 35.1 Å². The quantitative estimate of drug-likeness (QED) is 0.776. The molecular weight excluding hydrogens is 350 g/mol. The van der Waals surface area contributed by atoms with Crippen LogP contribution in [0.1, 0.15) is 10.7 Å². The smallest absolute Gasteiger partial charge is 0.240 e. The Hall–Kier alpha value is -1.06. The predicted molar refractivity (Wildman–Crippen MR) is 85.5 cm³/mol. The van der Waals surface area contributed by atoms with E-state index in [0.29, 0.717) is 10.7 Å². The normalized spacial score (nSPS) is 12.1. The summed E-state index contributed by atoms with van der Waals surface area (Å²) in [6.45, 7) is 1.77. The standard InChI is InChI=1S/C12H10ClN3O2S3/c1-7-11(20-12(13)15-7)21(17,18)14-6-10-16-8-4-2-3-5-9(8)19-10/h2-5,14H,6H2,1H3. The van der Waals surface area contributed by atoms with Gasteiger partial charge in [-0.15, -0.1) is 11.3 Å². The number of rotatable bonds is 4. The van der Waals surface area contributed by atoms with Gasteiger partial charge in [-0.25, -0.2) is 23.1 Å². The Labute approximate surface area is 134 Å². The Morgan fingerprint density at radius 1 is 1.24 bits per heavy atom. The van der Waals surface area contributed by atoms with E-state index in [1.54, 1.807) is 6.92 Å². The van der Waals surface area contributed by atoms with Crippen LogP contribution in [0.15, 0.2) is 28.5 Å². The van der Waals surface area contributed by atoms with Gasteiger partial charge >= 0.3 is 0 Å². The molecule has 9 heteroatoms. The number of hydrogen-bond acceptors (Lipinski definition) is 6. The zero-order chi connectivity index (χ0) is 15.0. The molecule has 0 aliphatic carbocycles. The van der Waals surface area contributed by atoms with E-state index in [1.807, 2.05) is 24.3 Å². The number of hydrogen-bond donors (Lipinski definition) is 1. The number of sulfonamides is 1. The highest BCUT2D eigenvalue weighted by Gasteiger charge is 2.21. The third-order valence-electron chi connectivity index (χ3n) is 2.72. The summed E-state index contributed by atoms with van der Waals surface area (Å²) in [6, 6.07) is 7.69. The van der Waals surface area contributed by atoms with Gasteiger partial charge in [-0.3, -0.25) is 0 Å². The van der Waals surface area contributed by atoms with Gasteiger partial charge in [0.05, 0.1) is 22.5 Å². The first kappa shape index (κ1) is 14.9. The molecule has 0 spiro atoms. The van der Waals surface area contributed by atoms with E-state index in [0.717, 1.165) is 21.6 Å². The molecule has 21 heavy (non-hydrogen) atoms. The van der Waals surface area contributed by atoms with Crippen LogP contribution in [0.2, 0.25) is 4.47 Å². The Morgan fingerprint density at radius 2 is 2.00 bits per heavy atom. The molecule has 0 radical (unpaired) electrons. The molecule has 2 aromatic heterocycles. The number of fused-ring (bicyclic) bond motifs is 1. The lowest BCUT2D eigenvalue weighted by Crippen LogP contribution is -2.23. The molecule has 0 aliphatic rings. The van der Waals surface area contributed by atoms with Crippen molar-refractivity contribution in [2.45, 2.75) is 17.7 Å². The molecule has 0 atom stereocenters. The highest BCUT2D eigenvalue weighted by molar-refractivity contribution is 7.91. The van der Waals surface area contributed by atoms with Crippen molar-refractivity contribution in [3.8, 4) is 0 Å². The number of thiazole rings is 2. The van der Waals surface area contributed by atoms with Gasteiger partial charge in [-0.2, -0.15) is 0 Å². The fraction of sp³-hybridized carbons (Fsp3) is 0.167. The third-order valence-corrected chi connectivity index (χ3v) is 7.03. The first-order valence-corrected chi connectivity index (χ1v) is 9.42. The van der Waals surface area contributed by atoms with Crippen LogP contribution in [-0.2, 0) is 16.6 Å². The third kappa shape index (κ3) is 3.09. The first-order chi connectivity index (χ1) is 9.95. The number of para-hydroxylation sites is 1. The highest BCUT2D eigenvalue weighted by atomic mass is 35.5. The van der Waals surface area contributed by atoms with E-state index in [9.17, 15) is 8.42 Å². The summed E-state index contributed by atoms with van der Waals surface area (Å²) in [5.74, 6) is 0. The second-order valence-corrected chi connectivity index (χ2v) is 8.90. The van der Waals surface area contributed by atoms with E-state index in [-0.39, 0.29) is 15.2 Å². The Balaban J connectivity index is 1.82. The maximum Gasteiger partial charge on any atom is 0.252 e. The summed E-state index contributed by atoms with van der Waals surface area (Å²) in [5, 5.41) is 0.716. The molecule has 110 valence electrons. The topological polar surface area (TPSA) is 72.0 Å². The van der Waals surface area contributed by atoms with Crippen molar-refractivity contribution < 1.29 is 8.42 Å². The molecule has 5 nitrogen and oxygen atoms in total. The first-order valence-electron chi connectivity index (χ1n) is 5.93. The molecule has 0 fully saturated rings. The van der Waals surface area contributed by atoms with Crippen LogP contribution in [0, 0.1) is 6.92 Å². The monoisotopic (exact) mass is 359 g/mol. The zero-order valence-corrected chi connectivity index (χ0v) is 14.0. The Bertz CT molecular complexity index is 869.